The zero-order valence-electron chi connectivity index (χ0n) is 16.7. The summed E-state index contributed by atoms with van der Waals surface area (Å²) < 4.78 is 6.27. The van der Waals surface area contributed by atoms with Crippen molar-refractivity contribution in [1.29, 1.82) is 0 Å². The molecule has 0 saturated carbocycles. The SMILES string of the molecule is COc1ccc(Cl)c2sc(N3CCN(C(=O)/C=C/c4cccc([N+](=O)[O-])c4)CC3)nc12. The quantitative estimate of drug-likeness (QED) is 0.323. The Morgan fingerprint density at radius 2 is 2.03 bits per heavy atom. The Bertz CT molecular complexity index is 1170. The summed E-state index contributed by atoms with van der Waals surface area (Å²) in [6.45, 7) is 2.41. The zero-order chi connectivity index (χ0) is 22.0. The average molecular weight is 459 g/mol. The maximum Gasteiger partial charge on any atom is 0.270 e. The topological polar surface area (TPSA) is 88.8 Å². The van der Waals surface area contributed by atoms with E-state index >= 15 is 0 Å². The molecule has 0 bridgehead atoms. The van der Waals surface area contributed by atoms with Gasteiger partial charge in [0.05, 0.1) is 21.8 Å². The molecule has 1 aromatic heterocycles. The molecule has 0 spiro atoms. The normalized spacial score (nSPS) is 14.4. The van der Waals surface area contributed by atoms with E-state index in [1.807, 2.05) is 0 Å². The van der Waals surface area contributed by atoms with E-state index < -0.39 is 4.92 Å². The predicted octanol–water partition coefficient (Wildman–Crippen LogP) is 4.23. The van der Waals surface area contributed by atoms with Gasteiger partial charge in [0.25, 0.3) is 5.69 Å². The Hall–Kier alpha value is -3.17. The molecule has 1 aliphatic heterocycles. The molecule has 0 radical (unpaired) electrons. The van der Waals surface area contributed by atoms with Crippen LogP contribution < -0.4 is 9.64 Å². The fourth-order valence-corrected chi connectivity index (χ4v) is 4.68. The molecule has 0 unspecified atom stereocenters. The number of anilines is 1. The maximum atomic E-state index is 12.5. The largest absolute Gasteiger partial charge is 0.494 e. The van der Waals surface area contributed by atoms with Crippen LogP contribution in [0, 0.1) is 10.1 Å². The summed E-state index contributed by atoms with van der Waals surface area (Å²) in [5.41, 5.74) is 1.35. The lowest BCUT2D eigenvalue weighted by atomic mass is 10.2. The molecule has 10 heteroatoms. The zero-order valence-corrected chi connectivity index (χ0v) is 18.2. The smallest absolute Gasteiger partial charge is 0.270 e. The number of nitrogens with zero attached hydrogens (tertiary/aromatic N) is 4. The van der Waals surface area contributed by atoms with Gasteiger partial charge in [-0.25, -0.2) is 4.98 Å². The lowest BCUT2D eigenvalue weighted by Gasteiger charge is -2.34. The number of thiazole rings is 1. The molecule has 0 N–H and O–H groups in total. The second-order valence-electron chi connectivity index (χ2n) is 6.92. The molecule has 0 aliphatic carbocycles. The van der Waals surface area contributed by atoms with E-state index in [2.05, 4.69) is 4.90 Å². The van der Waals surface area contributed by atoms with Gasteiger partial charge in [0.1, 0.15) is 11.3 Å². The number of carbonyl (C=O) groups excluding carboxylic acids is 1. The first-order chi connectivity index (χ1) is 15.0. The third-order valence-electron chi connectivity index (χ3n) is 5.03. The number of halogens is 1. The van der Waals surface area contributed by atoms with Gasteiger partial charge in [0, 0.05) is 44.4 Å². The molecule has 1 aliphatic rings. The van der Waals surface area contributed by atoms with Crippen molar-refractivity contribution < 1.29 is 14.5 Å². The van der Waals surface area contributed by atoms with Crippen LogP contribution >= 0.6 is 22.9 Å². The van der Waals surface area contributed by atoms with Gasteiger partial charge in [-0.15, -0.1) is 0 Å². The summed E-state index contributed by atoms with van der Waals surface area (Å²) >= 11 is 7.83. The highest BCUT2D eigenvalue weighted by Gasteiger charge is 2.23. The number of methoxy groups -OCH3 is 1. The number of benzene rings is 2. The van der Waals surface area contributed by atoms with Crippen molar-refractivity contribution in [2.24, 2.45) is 0 Å². The van der Waals surface area contributed by atoms with Crippen LogP contribution in [0.4, 0.5) is 10.8 Å². The number of rotatable bonds is 5. The van der Waals surface area contributed by atoms with Crippen molar-refractivity contribution in [3.8, 4) is 5.75 Å². The van der Waals surface area contributed by atoms with Crippen molar-refractivity contribution in [3.63, 3.8) is 0 Å². The molecule has 1 saturated heterocycles. The van der Waals surface area contributed by atoms with Gasteiger partial charge in [0.15, 0.2) is 5.13 Å². The molecule has 31 heavy (non-hydrogen) atoms. The molecule has 0 atom stereocenters. The first kappa shape index (κ1) is 21.1. The standard InChI is InChI=1S/C21H19ClN4O4S/c1-30-17-7-6-16(22)20-19(17)23-21(31-20)25-11-9-24(10-12-25)18(27)8-5-14-3-2-4-15(13-14)26(28)29/h2-8,13H,9-12H2,1H3/b8-5+. The Morgan fingerprint density at radius 1 is 1.26 bits per heavy atom. The number of aromatic nitrogens is 1. The van der Waals surface area contributed by atoms with Crippen LogP contribution in [0.1, 0.15) is 5.56 Å². The Labute approximate surface area is 187 Å². The number of hydrogen-bond donors (Lipinski definition) is 0. The molecule has 2 heterocycles. The van der Waals surface area contributed by atoms with Gasteiger partial charge in [-0.2, -0.15) is 0 Å². The van der Waals surface area contributed by atoms with Crippen molar-refractivity contribution in [2.75, 3.05) is 38.2 Å². The van der Waals surface area contributed by atoms with Crippen LogP contribution in [0.2, 0.25) is 5.02 Å². The molecular weight excluding hydrogens is 440 g/mol. The lowest BCUT2D eigenvalue weighted by Crippen LogP contribution is -2.48. The fraction of sp³-hybridized carbons (Fsp3) is 0.238. The van der Waals surface area contributed by atoms with Crippen LogP contribution in [0.25, 0.3) is 16.3 Å². The molecule has 8 nitrogen and oxygen atoms in total. The number of non-ortho nitro benzene ring substituents is 1. The third-order valence-corrected chi connectivity index (χ3v) is 6.60. The Morgan fingerprint density at radius 3 is 2.74 bits per heavy atom. The van der Waals surface area contributed by atoms with Crippen molar-refractivity contribution >= 4 is 56.0 Å². The van der Waals surface area contributed by atoms with E-state index in [1.54, 1.807) is 42.4 Å². The molecule has 2 aromatic carbocycles. The van der Waals surface area contributed by atoms with Crippen LogP contribution in [0.15, 0.2) is 42.5 Å². The van der Waals surface area contributed by atoms with Gasteiger partial charge in [-0.1, -0.05) is 35.1 Å². The number of hydrogen-bond acceptors (Lipinski definition) is 7. The monoisotopic (exact) mass is 458 g/mol. The minimum atomic E-state index is -0.455. The molecule has 1 amide bonds. The summed E-state index contributed by atoms with van der Waals surface area (Å²) in [4.78, 5) is 31.6. The summed E-state index contributed by atoms with van der Waals surface area (Å²) in [7, 11) is 1.60. The molecule has 160 valence electrons. The third kappa shape index (κ3) is 4.47. The Balaban J connectivity index is 1.41. The first-order valence-corrected chi connectivity index (χ1v) is 10.7. The second kappa shape index (κ2) is 8.91. The van der Waals surface area contributed by atoms with Crippen molar-refractivity contribution in [3.05, 3.63) is 63.2 Å². The second-order valence-corrected chi connectivity index (χ2v) is 8.31. The Kier molecular flexibility index (Phi) is 6.06. The molecule has 3 aromatic rings. The van der Waals surface area contributed by atoms with Gasteiger partial charge in [-0.05, 0) is 23.8 Å². The van der Waals surface area contributed by atoms with E-state index in [1.165, 1.54) is 29.5 Å². The molecule has 4 rings (SSSR count). The van der Waals surface area contributed by atoms with Crippen LogP contribution in [-0.4, -0.2) is 54.0 Å². The number of nitro benzene ring substituents is 1. The van der Waals surface area contributed by atoms with E-state index in [-0.39, 0.29) is 11.6 Å². The lowest BCUT2D eigenvalue weighted by molar-refractivity contribution is -0.384. The van der Waals surface area contributed by atoms with Gasteiger partial charge < -0.3 is 14.5 Å². The van der Waals surface area contributed by atoms with Gasteiger partial charge in [-0.3, -0.25) is 14.9 Å². The van der Waals surface area contributed by atoms with E-state index in [0.29, 0.717) is 42.5 Å². The van der Waals surface area contributed by atoms with E-state index in [9.17, 15) is 14.9 Å². The van der Waals surface area contributed by atoms with Gasteiger partial charge >= 0.3 is 0 Å². The highest BCUT2D eigenvalue weighted by atomic mass is 35.5. The minimum absolute atomic E-state index is 0.00391. The summed E-state index contributed by atoms with van der Waals surface area (Å²) in [5.74, 6) is 0.558. The predicted molar refractivity (Wildman–Crippen MR) is 122 cm³/mol. The van der Waals surface area contributed by atoms with Crippen molar-refractivity contribution in [2.45, 2.75) is 0 Å². The maximum absolute atomic E-state index is 12.5. The number of fused-ring (bicyclic) bond motifs is 1. The van der Waals surface area contributed by atoms with E-state index in [0.717, 1.165) is 15.3 Å². The number of amides is 1. The molecule has 1 fully saturated rings. The fourth-order valence-electron chi connectivity index (χ4n) is 3.37. The van der Waals surface area contributed by atoms with Crippen molar-refractivity contribution in [1.82, 2.24) is 9.88 Å². The number of piperazine rings is 1. The summed E-state index contributed by atoms with van der Waals surface area (Å²) in [6, 6.07) is 9.78. The highest BCUT2D eigenvalue weighted by molar-refractivity contribution is 7.22. The van der Waals surface area contributed by atoms with Crippen LogP contribution in [0.3, 0.4) is 0 Å². The summed E-state index contributed by atoms with van der Waals surface area (Å²) in [6.07, 6.45) is 3.06. The number of carbonyl (C=O) groups is 1. The average Bonchev–Trinajstić information content (AvgIpc) is 3.24. The van der Waals surface area contributed by atoms with E-state index in [4.69, 9.17) is 21.3 Å². The number of nitro groups is 1. The minimum Gasteiger partial charge on any atom is -0.494 e. The highest BCUT2D eigenvalue weighted by Crippen LogP contribution is 2.38. The number of ether oxygens (including phenoxy) is 1. The van der Waals surface area contributed by atoms with Crippen LogP contribution in [0.5, 0.6) is 5.75 Å². The van der Waals surface area contributed by atoms with Gasteiger partial charge in [0.2, 0.25) is 5.91 Å². The van der Waals surface area contributed by atoms with Crippen LogP contribution in [-0.2, 0) is 4.79 Å². The summed E-state index contributed by atoms with van der Waals surface area (Å²) in [5, 5.41) is 12.4. The molecular formula is C21H19ClN4O4S. The first-order valence-electron chi connectivity index (χ1n) is 9.55.